The number of aromatic nitrogens is 3. The van der Waals surface area contributed by atoms with E-state index in [9.17, 15) is 0 Å². The first-order valence-electron chi connectivity index (χ1n) is 19.6. The van der Waals surface area contributed by atoms with Gasteiger partial charge in [0.2, 0.25) is 0 Å². The maximum absolute atomic E-state index is 5.19. The molecule has 2 spiro atoms. The largest absolute Gasteiger partial charge is 0.208 e. The number of hydrogen-bond acceptors (Lipinski definition) is 3. The highest BCUT2D eigenvalue weighted by atomic mass is 15.0. The number of hydrogen-bond donors (Lipinski definition) is 0. The Labute approximate surface area is 326 Å². The van der Waals surface area contributed by atoms with Gasteiger partial charge in [0.05, 0.1) is 10.8 Å². The first kappa shape index (κ1) is 31.4. The summed E-state index contributed by atoms with van der Waals surface area (Å²) in [7, 11) is 0. The molecule has 1 unspecified atom stereocenters. The Hall–Kier alpha value is -6.97. The molecule has 4 aliphatic carbocycles. The summed E-state index contributed by atoms with van der Waals surface area (Å²) >= 11 is 0. The van der Waals surface area contributed by atoms with E-state index in [4.69, 9.17) is 15.0 Å². The molecular weight excluding hydrogens is 679 g/mol. The third-order valence-corrected chi connectivity index (χ3v) is 12.7. The summed E-state index contributed by atoms with van der Waals surface area (Å²) in [5.41, 5.74) is 18.0. The van der Waals surface area contributed by atoms with Crippen molar-refractivity contribution in [1.82, 2.24) is 15.0 Å². The Morgan fingerprint density at radius 2 is 0.661 bits per heavy atom. The van der Waals surface area contributed by atoms with E-state index in [0.29, 0.717) is 17.5 Å². The Bertz CT molecular complexity index is 2870. The van der Waals surface area contributed by atoms with Gasteiger partial charge in [-0.25, -0.2) is 15.0 Å². The van der Waals surface area contributed by atoms with Crippen LogP contribution in [0.2, 0.25) is 0 Å². The first-order valence-corrected chi connectivity index (χ1v) is 19.6. The van der Waals surface area contributed by atoms with E-state index in [2.05, 4.69) is 152 Å². The molecule has 4 aliphatic rings. The smallest absolute Gasteiger partial charge is 0.164 e. The van der Waals surface area contributed by atoms with Crippen LogP contribution in [0.15, 0.2) is 199 Å². The molecular formula is C53H35N3. The van der Waals surface area contributed by atoms with Gasteiger partial charge in [-0.2, -0.15) is 0 Å². The van der Waals surface area contributed by atoms with Crippen LogP contribution in [0, 0.1) is 0 Å². The van der Waals surface area contributed by atoms with Crippen molar-refractivity contribution in [3.8, 4) is 56.4 Å². The van der Waals surface area contributed by atoms with Crippen molar-refractivity contribution in [1.29, 1.82) is 0 Å². The minimum Gasteiger partial charge on any atom is -0.208 e. The minimum atomic E-state index is -0.542. The van der Waals surface area contributed by atoms with E-state index in [0.717, 1.165) is 29.5 Å². The van der Waals surface area contributed by atoms with Crippen molar-refractivity contribution in [3.05, 3.63) is 233 Å². The standard InChI is InChI=1S/C53H35N3/c1-3-17-34(18-4-1)49-54-50(35-19-5-2-6-20-35)56-51(55-49)36-31-32-40-39-23-9-12-26-43(39)53(48(40)33-36)46-29-15-13-27-44(46)52(45-28-14-16-30-47(45)53)41-24-10-7-21-37(41)38-22-8-11-25-42(38)52/h1-13,15,17-33H,14,16H2. The van der Waals surface area contributed by atoms with Gasteiger partial charge in [0.15, 0.2) is 17.5 Å². The van der Waals surface area contributed by atoms with E-state index in [1.165, 1.54) is 66.8 Å². The summed E-state index contributed by atoms with van der Waals surface area (Å²) < 4.78 is 0. The molecule has 1 aromatic heterocycles. The molecule has 0 N–H and O–H groups in total. The average Bonchev–Trinajstić information content (AvgIpc) is 3.74. The highest BCUT2D eigenvalue weighted by molar-refractivity contribution is 5.95. The molecule has 0 amide bonds. The fraction of sp³-hybridized carbons (Fsp3) is 0.0755. The van der Waals surface area contributed by atoms with Crippen molar-refractivity contribution in [2.45, 2.75) is 23.7 Å². The van der Waals surface area contributed by atoms with E-state index < -0.39 is 10.8 Å². The van der Waals surface area contributed by atoms with E-state index in [-0.39, 0.29) is 0 Å². The second kappa shape index (κ2) is 11.8. The van der Waals surface area contributed by atoms with E-state index in [1.54, 1.807) is 0 Å². The predicted octanol–water partition coefficient (Wildman–Crippen LogP) is 12.2. The van der Waals surface area contributed by atoms with E-state index in [1.807, 2.05) is 36.4 Å². The second-order valence-electron chi connectivity index (χ2n) is 15.3. The van der Waals surface area contributed by atoms with Crippen molar-refractivity contribution < 1.29 is 0 Å². The molecule has 0 radical (unpaired) electrons. The van der Waals surface area contributed by atoms with Crippen LogP contribution in [-0.4, -0.2) is 15.0 Å². The first-order chi connectivity index (χ1) is 27.8. The Kier molecular flexibility index (Phi) is 6.59. The normalized spacial score (nSPS) is 17.6. The van der Waals surface area contributed by atoms with Gasteiger partial charge in [-0.1, -0.05) is 182 Å². The lowest BCUT2D eigenvalue weighted by atomic mass is 9.49. The zero-order chi connectivity index (χ0) is 36.8. The molecule has 0 saturated heterocycles. The fourth-order valence-corrected chi connectivity index (χ4v) is 10.6. The SMILES string of the molecule is C1=C2C(=CCC1)C1(c3ccccc3-c3ccc(-c4nc(-c5ccccc5)nc(-c5ccccc5)n4)cc31)c1ccccc1C21c2ccccc2-c2ccccc21. The fourth-order valence-electron chi connectivity index (χ4n) is 10.6. The van der Waals surface area contributed by atoms with Crippen LogP contribution in [0.3, 0.4) is 0 Å². The van der Waals surface area contributed by atoms with Crippen LogP contribution in [0.1, 0.15) is 46.2 Å². The topological polar surface area (TPSA) is 38.7 Å². The molecule has 0 fully saturated rings. The van der Waals surface area contributed by atoms with Crippen LogP contribution in [0.25, 0.3) is 56.4 Å². The molecule has 0 bridgehead atoms. The highest BCUT2D eigenvalue weighted by Crippen LogP contribution is 2.69. The third kappa shape index (κ3) is 4.04. The molecule has 3 heteroatoms. The zero-order valence-electron chi connectivity index (χ0n) is 30.7. The van der Waals surface area contributed by atoms with Gasteiger partial charge >= 0.3 is 0 Å². The number of fused-ring (bicyclic) bond motifs is 16. The Morgan fingerprint density at radius 1 is 0.304 bits per heavy atom. The third-order valence-electron chi connectivity index (χ3n) is 12.7. The molecule has 262 valence electrons. The molecule has 7 aromatic carbocycles. The number of allylic oxidation sites excluding steroid dienone is 4. The van der Waals surface area contributed by atoms with Gasteiger partial charge in [-0.3, -0.25) is 0 Å². The second-order valence-corrected chi connectivity index (χ2v) is 15.3. The van der Waals surface area contributed by atoms with Gasteiger partial charge in [0.25, 0.3) is 0 Å². The summed E-state index contributed by atoms with van der Waals surface area (Å²) in [5, 5.41) is 0. The zero-order valence-corrected chi connectivity index (χ0v) is 30.7. The lowest BCUT2D eigenvalue weighted by Crippen LogP contribution is -2.46. The summed E-state index contributed by atoms with van der Waals surface area (Å²) in [4.78, 5) is 15.4. The Balaban J connectivity index is 1.16. The molecule has 0 saturated carbocycles. The summed E-state index contributed by atoms with van der Waals surface area (Å²) in [6.45, 7) is 0. The van der Waals surface area contributed by atoms with Crippen LogP contribution < -0.4 is 0 Å². The number of rotatable bonds is 3. The highest BCUT2D eigenvalue weighted by Gasteiger charge is 2.60. The van der Waals surface area contributed by atoms with Crippen molar-refractivity contribution in [2.24, 2.45) is 0 Å². The van der Waals surface area contributed by atoms with Gasteiger partial charge in [0, 0.05) is 16.7 Å². The minimum absolute atomic E-state index is 0.431. The average molecular weight is 714 g/mol. The molecule has 8 aromatic rings. The Morgan fingerprint density at radius 3 is 1.12 bits per heavy atom. The summed E-state index contributed by atoms with van der Waals surface area (Å²) in [6, 6.07) is 64.0. The molecule has 3 nitrogen and oxygen atoms in total. The monoisotopic (exact) mass is 713 g/mol. The summed E-state index contributed by atoms with van der Waals surface area (Å²) in [5.74, 6) is 1.99. The maximum Gasteiger partial charge on any atom is 0.164 e. The lowest BCUT2D eigenvalue weighted by Gasteiger charge is -2.51. The predicted molar refractivity (Wildman–Crippen MR) is 225 cm³/mol. The number of benzene rings is 7. The molecule has 1 atom stereocenters. The van der Waals surface area contributed by atoms with Crippen molar-refractivity contribution in [3.63, 3.8) is 0 Å². The molecule has 1 heterocycles. The van der Waals surface area contributed by atoms with Crippen molar-refractivity contribution in [2.75, 3.05) is 0 Å². The van der Waals surface area contributed by atoms with Gasteiger partial charge in [-0.05, 0) is 85.7 Å². The lowest BCUT2D eigenvalue weighted by molar-refractivity contribution is 0.604. The molecule has 56 heavy (non-hydrogen) atoms. The molecule has 0 aliphatic heterocycles. The number of nitrogens with zero attached hydrogens (tertiary/aromatic N) is 3. The van der Waals surface area contributed by atoms with Crippen LogP contribution in [0.4, 0.5) is 0 Å². The van der Waals surface area contributed by atoms with Gasteiger partial charge < -0.3 is 0 Å². The quantitative estimate of drug-likeness (QED) is 0.183. The van der Waals surface area contributed by atoms with E-state index >= 15 is 0 Å². The van der Waals surface area contributed by atoms with Gasteiger partial charge in [0.1, 0.15) is 0 Å². The van der Waals surface area contributed by atoms with Gasteiger partial charge in [-0.15, -0.1) is 0 Å². The molecule has 12 rings (SSSR count). The summed E-state index contributed by atoms with van der Waals surface area (Å²) in [6.07, 6.45) is 7.14. The maximum atomic E-state index is 5.19. The van der Waals surface area contributed by atoms with Crippen LogP contribution in [0.5, 0.6) is 0 Å². The van der Waals surface area contributed by atoms with Crippen LogP contribution >= 0.6 is 0 Å². The van der Waals surface area contributed by atoms with Crippen molar-refractivity contribution >= 4 is 0 Å². The van der Waals surface area contributed by atoms with Crippen LogP contribution in [-0.2, 0) is 10.8 Å².